The van der Waals surface area contributed by atoms with Crippen molar-refractivity contribution < 1.29 is 9.84 Å². The number of benzene rings is 3. The minimum atomic E-state index is -0.737. The topological polar surface area (TPSA) is 66.1 Å². The first kappa shape index (κ1) is 22.9. The third kappa shape index (κ3) is 5.94. The number of aromatic nitrogens is 1. The number of thioether (sulfide) groups is 1. The van der Waals surface area contributed by atoms with Crippen molar-refractivity contribution >= 4 is 23.4 Å². The quantitative estimate of drug-likeness (QED) is 0.297. The van der Waals surface area contributed by atoms with E-state index >= 15 is 0 Å². The van der Waals surface area contributed by atoms with Crippen LogP contribution in [0.25, 0.3) is 22.4 Å². The van der Waals surface area contributed by atoms with Crippen LogP contribution < -0.4 is 4.74 Å². The summed E-state index contributed by atoms with van der Waals surface area (Å²) in [5.74, 6) is 0.971. The number of halogens is 1. The Morgan fingerprint density at radius 1 is 0.939 bits per heavy atom. The average Bonchev–Trinajstić information content (AvgIpc) is 2.87. The normalized spacial score (nSPS) is 11.5. The Morgan fingerprint density at radius 2 is 1.58 bits per heavy atom. The summed E-state index contributed by atoms with van der Waals surface area (Å²) < 4.78 is 5.65. The minimum absolute atomic E-state index is 0.125. The fourth-order valence-electron chi connectivity index (χ4n) is 3.28. The van der Waals surface area contributed by atoms with E-state index < -0.39 is 6.10 Å². The maximum atomic E-state index is 10.5. The van der Waals surface area contributed by atoms with E-state index in [4.69, 9.17) is 21.3 Å². The van der Waals surface area contributed by atoms with Gasteiger partial charge < -0.3 is 9.84 Å². The van der Waals surface area contributed by atoms with Crippen molar-refractivity contribution in [2.24, 2.45) is 0 Å². The van der Waals surface area contributed by atoms with Crippen LogP contribution in [0.3, 0.4) is 0 Å². The maximum absolute atomic E-state index is 10.5. The lowest BCUT2D eigenvalue weighted by Gasteiger charge is -2.15. The molecule has 0 saturated heterocycles. The van der Waals surface area contributed by atoms with Gasteiger partial charge in [-0.05, 0) is 35.9 Å². The highest BCUT2D eigenvalue weighted by atomic mass is 35.5. The molecule has 33 heavy (non-hydrogen) atoms. The van der Waals surface area contributed by atoms with Gasteiger partial charge in [-0.2, -0.15) is 5.26 Å². The zero-order chi connectivity index (χ0) is 23.0. The van der Waals surface area contributed by atoms with E-state index in [-0.39, 0.29) is 6.61 Å². The molecule has 0 radical (unpaired) electrons. The predicted octanol–water partition coefficient (Wildman–Crippen LogP) is 6.47. The van der Waals surface area contributed by atoms with Gasteiger partial charge >= 0.3 is 0 Å². The largest absolute Gasteiger partial charge is 0.491 e. The Bertz CT molecular complexity index is 1240. The van der Waals surface area contributed by atoms with Crippen molar-refractivity contribution in [3.63, 3.8) is 0 Å². The molecule has 0 amide bonds. The van der Waals surface area contributed by atoms with Gasteiger partial charge in [-0.1, -0.05) is 72.3 Å². The molecule has 4 nitrogen and oxygen atoms in total. The molecule has 1 N–H and O–H groups in total. The van der Waals surface area contributed by atoms with Crippen molar-refractivity contribution in [2.45, 2.75) is 11.1 Å². The van der Waals surface area contributed by atoms with E-state index in [9.17, 15) is 10.4 Å². The second kappa shape index (κ2) is 11.0. The molecule has 0 bridgehead atoms. The van der Waals surface area contributed by atoms with Crippen LogP contribution in [0.15, 0.2) is 96.0 Å². The van der Waals surface area contributed by atoms with Crippen LogP contribution in [-0.4, -0.2) is 28.6 Å². The lowest BCUT2D eigenvalue weighted by atomic mass is 9.99. The average molecular weight is 473 g/mol. The molecule has 0 fully saturated rings. The number of hydrogen-bond donors (Lipinski definition) is 1. The highest BCUT2D eigenvalue weighted by Crippen LogP contribution is 2.34. The molecule has 4 rings (SSSR count). The molecule has 0 aliphatic rings. The van der Waals surface area contributed by atoms with Crippen molar-refractivity contribution in [3.05, 3.63) is 102 Å². The van der Waals surface area contributed by atoms with Gasteiger partial charge in [0.2, 0.25) is 0 Å². The maximum Gasteiger partial charge on any atom is 0.119 e. The molecular weight excluding hydrogens is 452 g/mol. The summed E-state index contributed by atoms with van der Waals surface area (Å²) >= 11 is 7.24. The third-order valence-corrected chi connectivity index (χ3v) is 6.29. The van der Waals surface area contributed by atoms with Crippen molar-refractivity contribution in [3.8, 4) is 34.2 Å². The highest BCUT2D eigenvalue weighted by Gasteiger charge is 2.17. The summed E-state index contributed by atoms with van der Waals surface area (Å²) in [5, 5.41) is 21.7. The molecule has 3 aromatic carbocycles. The van der Waals surface area contributed by atoms with Crippen LogP contribution in [0.1, 0.15) is 5.56 Å². The van der Waals surface area contributed by atoms with E-state index in [1.807, 2.05) is 66.7 Å². The smallest absolute Gasteiger partial charge is 0.119 e. The Balaban J connectivity index is 1.58. The molecule has 1 unspecified atom stereocenters. The Labute approximate surface area is 202 Å². The molecule has 164 valence electrons. The highest BCUT2D eigenvalue weighted by molar-refractivity contribution is 7.99. The van der Waals surface area contributed by atoms with E-state index in [0.717, 1.165) is 22.4 Å². The van der Waals surface area contributed by atoms with E-state index in [2.05, 4.69) is 6.07 Å². The Hall–Kier alpha value is -3.30. The lowest BCUT2D eigenvalue weighted by molar-refractivity contribution is 0.126. The number of pyridine rings is 1. The van der Waals surface area contributed by atoms with Crippen LogP contribution in [0.5, 0.6) is 5.75 Å². The van der Waals surface area contributed by atoms with Gasteiger partial charge in [0, 0.05) is 21.9 Å². The van der Waals surface area contributed by atoms with E-state index in [0.29, 0.717) is 27.1 Å². The number of aliphatic hydroxyl groups excluding tert-OH is 1. The van der Waals surface area contributed by atoms with E-state index in [1.165, 1.54) is 11.8 Å². The zero-order valence-electron chi connectivity index (χ0n) is 17.7. The molecule has 0 aliphatic heterocycles. The number of aliphatic hydroxyl groups is 1. The standard InChI is InChI=1S/C27H21ClN2O2S/c28-21-11-13-23(14-12-21)32-17-22(31)18-33-27-25(16-29)24(19-7-3-1-4-8-19)15-26(30-27)20-9-5-2-6-10-20/h1-15,22,31H,17-18H2. The van der Waals surface area contributed by atoms with Gasteiger partial charge in [0.15, 0.2) is 0 Å². The molecule has 4 aromatic rings. The van der Waals surface area contributed by atoms with Gasteiger partial charge in [-0.15, -0.1) is 11.8 Å². The number of hydrogen-bond acceptors (Lipinski definition) is 5. The molecule has 1 aromatic heterocycles. The minimum Gasteiger partial charge on any atom is -0.491 e. The first-order valence-corrected chi connectivity index (χ1v) is 11.8. The third-order valence-electron chi connectivity index (χ3n) is 4.92. The van der Waals surface area contributed by atoms with Crippen LogP contribution in [0, 0.1) is 11.3 Å². The van der Waals surface area contributed by atoms with Gasteiger partial charge in [0.25, 0.3) is 0 Å². The second-order valence-electron chi connectivity index (χ2n) is 7.31. The Morgan fingerprint density at radius 3 is 2.21 bits per heavy atom. The van der Waals surface area contributed by atoms with Gasteiger partial charge in [-0.3, -0.25) is 0 Å². The molecule has 0 aliphatic carbocycles. The molecule has 1 atom stereocenters. The monoisotopic (exact) mass is 472 g/mol. The summed E-state index contributed by atoms with van der Waals surface area (Å²) in [6.07, 6.45) is -0.737. The summed E-state index contributed by atoms with van der Waals surface area (Å²) in [6.45, 7) is 0.125. The molecule has 1 heterocycles. The fourth-order valence-corrected chi connectivity index (χ4v) is 4.32. The van der Waals surface area contributed by atoms with E-state index in [1.54, 1.807) is 24.3 Å². The molecular formula is C27H21ClN2O2S. The summed E-state index contributed by atoms with van der Waals surface area (Å²) in [4.78, 5) is 4.77. The van der Waals surface area contributed by atoms with Crippen LogP contribution in [0.4, 0.5) is 0 Å². The van der Waals surface area contributed by atoms with Gasteiger partial charge in [0.1, 0.15) is 23.5 Å². The number of rotatable bonds is 8. The van der Waals surface area contributed by atoms with Gasteiger partial charge in [-0.25, -0.2) is 4.98 Å². The summed E-state index contributed by atoms with van der Waals surface area (Å²) in [5.41, 5.74) is 4.01. The summed E-state index contributed by atoms with van der Waals surface area (Å²) in [6, 6.07) is 30.9. The van der Waals surface area contributed by atoms with Crippen molar-refractivity contribution in [2.75, 3.05) is 12.4 Å². The van der Waals surface area contributed by atoms with Crippen molar-refractivity contribution in [1.29, 1.82) is 5.26 Å². The second-order valence-corrected chi connectivity index (χ2v) is 8.75. The molecule has 0 saturated carbocycles. The first-order valence-electron chi connectivity index (χ1n) is 10.4. The first-order chi connectivity index (χ1) is 16.1. The lowest BCUT2D eigenvalue weighted by Crippen LogP contribution is -2.20. The van der Waals surface area contributed by atoms with Crippen LogP contribution in [-0.2, 0) is 0 Å². The fraction of sp³-hybridized carbons (Fsp3) is 0.111. The summed E-state index contributed by atoms with van der Waals surface area (Å²) in [7, 11) is 0. The number of nitrogens with zero attached hydrogens (tertiary/aromatic N) is 2. The van der Waals surface area contributed by atoms with Crippen molar-refractivity contribution in [1.82, 2.24) is 4.98 Å². The van der Waals surface area contributed by atoms with Crippen LogP contribution in [0.2, 0.25) is 5.02 Å². The predicted molar refractivity (Wildman–Crippen MR) is 134 cm³/mol. The van der Waals surface area contributed by atoms with Gasteiger partial charge in [0.05, 0.1) is 17.4 Å². The zero-order valence-corrected chi connectivity index (χ0v) is 19.3. The molecule has 6 heteroatoms. The Kier molecular flexibility index (Phi) is 7.64. The van der Waals surface area contributed by atoms with Crippen LogP contribution >= 0.6 is 23.4 Å². The molecule has 0 spiro atoms. The number of ether oxygens (including phenoxy) is 1. The number of nitriles is 1. The SMILES string of the molecule is N#Cc1c(-c2ccccc2)cc(-c2ccccc2)nc1SCC(O)COc1ccc(Cl)cc1.